The van der Waals surface area contributed by atoms with Gasteiger partial charge in [0.15, 0.2) is 0 Å². The lowest BCUT2D eigenvalue weighted by atomic mass is 9.72. The number of rotatable bonds is 4. The Morgan fingerprint density at radius 2 is 2.17 bits per heavy atom. The van der Waals surface area contributed by atoms with Crippen molar-refractivity contribution in [1.82, 2.24) is 25.1 Å². The third-order valence-corrected chi connectivity index (χ3v) is 5.39. The SMILES string of the molecule is CCNC(=O)N1CCC2(CCC(=O)N(CCc3cnc[nH]3)C2)CC1. The third kappa shape index (κ3) is 3.71. The number of aromatic nitrogens is 2. The summed E-state index contributed by atoms with van der Waals surface area (Å²) >= 11 is 0. The van der Waals surface area contributed by atoms with E-state index < -0.39 is 0 Å². The highest BCUT2D eigenvalue weighted by molar-refractivity contribution is 5.77. The van der Waals surface area contributed by atoms with Crippen LogP contribution >= 0.6 is 0 Å². The molecule has 1 aromatic rings. The summed E-state index contributed by atoms with van der Waals surface area (Å²) < 4.78 is 0. The van der Waals surface area contributed by atoms with Crippen LogP contribution < -0.4 is 5.32 Å². The molecule has 2 aliphatic heterocycles. The average molecular weight is 333 g/mol. The molecule has 7 nitrogen and oxygen atoms in total. The third-order valence-electron chi connectivity index (χ3n) is 5.39. The molecular formula is C17H27N5O2. The number of nitrogens with one attached hydrogen (secondary N) is 2. The van der Waals surface area contributed by atoms with Crippen LogP contribution in [-0.4, -0.2) is 64.4 Å². The molecule has 0 bridgehead atoms. The largest absolute Gasteiger partial charge is 0.348 e. The van der Waals surface area contributed by atoms with Crippen LogP contribution in [0.25, 0.3) is 0 Å². The number of imidazole rings is 1. The molecular weight excluding hydrogens is 306 g/mol. The summed E-state index contributed by atoms with van der Waals surface area (Å²) in [7, 11) is 0. The summed E-state index contributed by atoms with van der Waals surface area (Å²) in [6, 6.07) is 0.0373. The van der Waals surface area contributed by atoms with Gasteiger partial charge >= 0.3 is 6.03 Å². The van der Waals surface area contributed by atoms with Crippen molar-refractivity contribution in [3.63, 3.8) is 0 Å². The summed E-state index contributed by atoms with van der Waals surface area (Å²) in [5, 5.41) is 2.87. The van der Waals surface area contributed by atoms with Crippen LogP contribution in [-0.2, 0) is 11.2 Å². The average Bonchev–Trinajstić information content (AvgIpc) is 3.10. The smallest absolute Gasteiger partial charge is 0.317 e. The van der Waals surface area contributed by atoms with Crippen LogP contribution in [0.4, 0.5) is 4.79 Å². The molecule has 2 N–H and O–H groups in total. The first-order chi connectivity index (χ1) is 11.6. The van der Waals surface area contributed by atoms with Gasteiger partial charge in [-0.3, -0.25) is 4.79 Å². The van der Waals surface area contributed by atoms with Gasteiger partial charge in [-0.25, -0.2) is 9.78 Å². The standard InChI is InChI=1S/C17H27N5O2/c1-2-19-16(24)21-9-6-17(7-10-21)5-3-15(23)22(12-17)8-4-14-11-18-13-20-14/h11,13H,2-10,12H2,1H3,(H,18,20)(H,19,24). The second-order valence-corrected chi connectivity index (χ2v) is 6.96. The van der Waals surface area contributed by atoms with Crippen molar-refractivity contribution in [2.45, 2.75) is 39.0 Å². The lowest BCUT2D eigenvalue weighted by molar-refractivity contribution is -0.138. The summed E-state index contributed by atoms with van der Waals surface area (Å²) in [4.78, 5) is 35.3. The van der Waals surface area contributed by atoms with Gasteiger partial charge in [0.1, 0.15) is 0 Å². The van der Waals surface area contributed by atoms with Crippen molar-refractivity contribution < 1.29 is 9.59 Å². The summed E-state index contributed by atoms with van der Waals surface area (Å²) in [6.45, 7) is 5.73. The number of piperidine rings is 2. The second kappa shape index (κ2) is 7.23. The van der Waals surface area contributed by atoms with Gasteiger partial charge in [0.25, 0.3) is 0 Å². The molecule has 0 atom stereocenters. The topological polar surface area (TPSA) is 81.3 Å². The highest BCUT2D eigenvalue weighted by atomic mass is 16.2. The number of carbonyl (C=O) groups excluding carboxylic acids is 2. The Morgan fingerprint density at radius 3 is 2.83 bits per heavy atom. The molecule has 1 spiro atoms. The zero-order valence-corrected chi connectivity index (χ0v) is 14.4. The second-order valence-electron chi connectivity index (χ2n) is 6.96. The molecule has 2 saturated heterocycles. The number of urea groups is 1. The quantitative estimate of drug-likeness (QED) is 0.873. The van der Waals surface area contributed by atoms with Crippen LogP contribution in [0.3, 0.4) is 0 Å². The first kappa shape index (κ1) is 16.8. The van der Waals surface area contributed by atoms with Gasteiger partial charge in [-0.2, -0.15) is 0 Å². The number of hydrogen-bond donors (Lipinski definition) is 2. The van der Waals surface area contributed by atoms with Gasteiger partial charge in [0.05, 0.1) is 6.33 Å². The van der Waals surface area contributed by atoms with E-state index in [0.717, 1.165) is 57.6 Å². The molecule has 7 heteroatoms. The van der Waals surface area contributed by atoms with Gasteiger partial charge in [-0.05, 0) is 31.6 Å². The van der Waals surface area contributed by atoms with E-state index in [0.29, 0.717) is 13.0 Å². The molecule has 0 aromatic carbocycles. The summed E-state index contributed by atoms with van der Waals surface area (Å²) in [6.07, 6.45) is 7.85. The first-order valence-corrected chi connectivity index (χ1v) is 8.90. The maximum absolute atomic E-state index is 12.3. The molecule has 132 valence electrons. The minimum atomic E-state index is 0.0373. The zero-order chi connectivity index (χ0) is 17.0. The Labute approximate surface area is 142 Å². The van der Waals surface area contributed by atoms with E-state index in [1.54, 1.807) is 6.33 Å². The number of hydrogen-bond acceptors (Lipinski definition) is 3. The monoisotopic (exact) mass is 333 g/mol. The summed E-state index contributed by atoms with van der Waals surface area (Å²) in [5.41, 5.74) is 1.25. The van der Waals surface area contributed by atoms with Gasteiger partial charge in [-0.1, -0.05) is 0 Å². The molecule has 3 rings (SSSR count). The van der Waals surface area contributed by atoms with Crippen molar-refractivity contribution >= 4 is 11.9 Å². The van der Waals surface area contributed by atoms with Crippen molar-refractivity contribution in [2.24, 2.45) is 5.41 Å². The number of likely N-dealkylation sites (tertiary alicyclic amines) is 2. The van der Waals surface area contributed by atoms with Crippen molar-refractivity contribution in [3.8, 4) is 0 Å². The fraction of sp³-hybridized carbons (Fsp3) is 0.706. The normalized spacial score (nSPS) is 20.5. The van der Waals surface area contributed by atoms with Crippen LogP contribution in [0.15, 0.2) is 12.5 Å². The number of aromatic amines is 1. The Kier molecular flexibility index (Phi) is 5.06. The van der Waals surface area contributed by atoms with E-state index in [2.05, 4.69) is 15.3 Å². The van der Waals surface area contributed by atoms with Gasteiger partial charge in [0.2, 0.25) is 5.91 Å². The zero-order valence-electron chi connectivity index (χ0n) is 14.4. The minimum absolute atomic E-state index is 0.0373. The lowest BCUT2D eigenvalue weighted by Crippen LogP contribution is -2.54. The number of amides is 3. The number of carbonyl (C=O) groups is 2. The fourth-order valence-corrected chi connectivity index (χ4v) is 3.84. The Balaban J connectivity index is 1.55. The maximum Gasteiger partial charge on any atom is 0.317 e. The lowest BCUT2D eigenvalue weighted by Gasteiger charge is -2.47. The molecule has 2 aliphatic rings. The van der Waals surface area contributed by atoms with Gasteiger partial charge < -0.3 is 20.1 Å². The van der Waals surface area contributed by atoms with E-state index in [-0.39, 0.29) is 17.4 Å². The molecule has 0 aliphatic carbocycles. The van der Waals surface area contributed by atoms with Crippen LogP contribution in [0.5, 0.6) is 0 Å². The Morgan fingerprint density at radius 1 is 1.38 bits per heavy atom. The van der Waals surface area contributed by atoms with E-state index in [4.69, 9.17) is 0 Å². The Bertz CT molecular complexity index is 564. The molecule has 0 radical (unpaired) electrons. The molecule has 3 amide bonds. The number of H-pyrrole nitrogens is 1. The predicted molar refractivity (Wildman–Crippen MR) is 90.4 cm³/mol. The van der Waals surface area contributed by atoms with E-state index in [1.807, 2.05) is 22.9 Å². The van der Waals surface area contributed by atoms with Gasteiger partial charge in [-0.15, -0.1) is 0 Å². The molecule has 1 aromatic heterocycles. The van der Waals surface area contributed by atoms with E-state index in [9.17, 15) is 9.59 Å². The van der Waals surface area contributed by atoms with Crippen molar-refractivity contribution in [1.29, 1.82) is 0 Å². The van der Waals surface area contributed by atoms with Crippen LogP contribution in [0.1, 0.15) is 38.3 Å². The molecule has 0 unspecified atom stereocenters. The van der Waals surface area contributed by atoms with E-state index in [1.165, 1.54) is 0 Å². The highest BCUT2D eigenvalue weighted by Crippen LogP contribution is 2.40. The molecule has 3 heterocycles. The first-order valence-electron chi connectivity index (χ1n) is 8.90. The molecule has 0 saturated carbocycles. The fourth-order valence-electron chi connectivity index (χ4n) is 3.84. The Hall–Kier alpha value is -2.05. The predicted octanol–water partition coefficient (Wildman–Crippen LogP) is 1.39. The van der Waals surface area contributed by atoms with Crippen molar-refractivity contribution in [3.05, 3.63) is 18.2 Å². The van der Waals surface area contributed by atoms with E-state index >= 15 is 0 Å². The van der Waals surface area contributed by atoms with Crippen molar-refractivity contribution in [2.75, 3.05) is 32.7 Å². The molecule has 2 fully saturated rings. The maximum atomic E-state index is 12.3. The van der Waals surface area contributed by atoms with Gasteiger partial charge in [0, 0.05) is 57.5 Å². The minimum Gasteiger partial charge on any atom is -0.348 e. The number of nitrogens with zero attached hydrogens (tertiary/aromatic N) is 3. The van der Waals surface area contributed by atoms with Crippen LogP contribution in [0, 0.1) is 5.41 Å². The highest BCUT2D eigenvalue weighted by Gasteiger charge is 2.41. The molecule has 24 heavy (non-hydrogen) atoms. The van der Waals surface area contributed by atoms with Crippen LogP contribution in [0.2, 0.25) is 0 Å². The summed E-state index contributed by atoms with van der Waals surface area (Å²) in [5.74, 6) is 0.256.